The highest BCUT2D eigenvalue weighted by Gasteiger charge is 2.58. The van der Waals surface area contributed by atoms with Crippen molar-refractivity contribution in [2.24, 2.45) is 5.92 Å². The van der Waals surface area contributed by atoms with Gasteiger partial charge in [-0.15, -0.1) is 0 Å². The third kappa shape index (κ3) is 1.72. The van der Waals surface area contributed by atoms with Gasteiger partial charge in [0.25, 0.3) is 5.17 Å². The summed E-state index contributed by atoms with van der Waals surface area (Å²) in [5.74, 6) is 0.316. The lowest BCUT2D eigenvalue weighted by Crippen LogP contribution is -2.68. The Hall–Kier alpha value is -0.820. The minimum Gasteiger partial charge on any atom is -0.449 e. The molecule has 1 saturated heterocycles. The Labute approximate surface area is 114 Å². The molecule has 3 aliphatic rings. The number of hydrogen-bond donors (Lipinski definition) is 1. The molecule has 0 aromatic carbocycles. The molecule has 0 aromatic heterocycles. The van der Waals surface area contributed by atoms with Gasteiger partial charge in [0.2, 0.25) is 5.60 Å². The van der Waals surface area contributed by atoms with Crippen LogP contribution in [0.5, 0.6) is 0 Å². The van der Waals surface area contributed by atoms with Gasteiger partial charge in [0.05, 0.1) is 0 Å². The van der Waals surface area contributed by atoms with E-state index in [0.29, 0.717) is 11.1 Å². The van der Waals surface area contributed by atoms with Crippen LogP contribution >= 0.6 is 12.2 Å². The van der Waals surface area contributed by atoms with Crippen LogP contribution in [-0.2, 0) is 4.74 Å². The number of thiocarbonyl (C=S) groups is 1. The van der Waals surface area contributed by atoms with E-state index in [-0.39, 0.29) is 5.54 Å². The van der Waals surface area contributed by atoms with Crippen molar-refractivity contribution in [2.75, 3.05) is 0 Å². The number of fused-ring (bicyclic) bond motifs is 2. The number of nitriles is 1. The average Bonchev–Trinajstić information content (AvgIpc) is 2.39. The zero-order valence-electron chi connectivity index (χ0n) is 10.7. The van der Waals surface area contributed by atoms with E-state index >= 15 is 0 Å². The first-order valence-electron chi connectivity index (χ1n) is 7.13. The molecular weight excluding hydrogens is 244 g/mol. The van der Waals surface area contributed by atoms with Crippen molar-refractivity contribution in [3.63, 3.8) is 0 Å². The zero-order valence-corrected chi connectivity index (χ0v) is 11.5. The maximum absolute atomic E-state index is 9.65. The minimum absolute atomic E-state index is 0.0454. The molecule has 2 unspecified atom stereocenters. The molecule has 2 aliphatic carbocycles. The van der Waals surface area contributed by atoms with Crippen molar-refractivity contribution in [3.05, 3.63) is 0 Å². The van der Waals surface area contributed by atoms with E-state index < -0.39 is 5.60 Å². The standard InChI is InChI=1S/C14H20N2OS/c15-10-14-9-5-2-6-11(14)13(16-12(18)17-14)7-3-1-4-8-13/h11H,1-9H2,(H,16,18). The SMILES string of the molecule is N#CC12CCCCC1C1(CCCCC1)NC(=S)O2. The first-order chi connectivity index (χ1) is 8.71. The fraction of sp³-hybridized carbons (Fsp3) is 0.857. The lowest BCUT2D eigenvalue weighted by molar-refractivity contribution is -0.0703. The Morgan fingerprint density at radius 3 is 2.61 bits per heavy atom. The third-order valence-electron chi connectivity index (χ3n) is 5.08. The molecule has 98 valence electrons. The number of hydrogen-bond acceptors (Lipinski definition) is 3. The molecule has 0 aromatic rings. The van der Waals surface area contributed by atoms with Crippen molar-refractivity contribution in [1.82, 2.24) is 5.32 Å². The molecule has 2 atom stereocenters. The van der Waals surface area contributed by atoms with E-state index in [0.717, 1.165) is 32.1 Å². The normalized spacial score (nSPS) is 38.2. The molecule has 1 heterocycles. The Morgan fingerprint density at radius 2 is 1.89 bits per heavy atom. The summed E-state index contributed by atoms with van der Waals surface area (Å²) in [7, 11) is 0. The van der Waals surface area contributed by atoms with E-state index in [1.165, 1.54) is 25.7 Å². The summed E-state index contributed by atoms with van der Waals surface area (Å²) < 4.78 is 5.81. The summed E-state index contributed by atoms with van der Waals surface area (Å²) in [5, 5.41) is 13.5. The third-order valence-corrected chi connectivity index (χ3v) is 5.27. The van der Waals surface area contributed by atoms with Gasteiger partial charge in [0.1, 0.15) is 6.07 Å². The smallest absolute Gasteiger partial charge is 0.258 e. The lowest BCUT2D eigenvalue weighted by atomic mass is 9.60. The van der Waals surface area contributed by atoms with E-state index in [1.807, 2.05) is 0 Å². The van der Waals surface area contributed by atoms with E-state index in [9.17, 15) is 5.26 Å². The number of ether oxygens (including phenoxy) is 1. The van der Waals surface area contributed by atoms with Crippen LogP contribution in [0, 0.1) is 17.2 Å². The highest BCUT2D eigenvalue weighted by Crippen LogP contribution is 2.50. The monoisotopic (exact) mass is 264 g/mol. The van der Waals surface area contributed by atoms with Crippen LogP contribution in [0.1, 0.15) is 57.8 Å². The minimum atomic E-state index is -0.641. The topological polar surface area (TPSA) is 45.0 Å². The fourth-order valence-corrected chi connectivity index (χ4v) is 4.63. The van der Waals surface area contributed by atoms with Gasteiger partial charge in [0, 0.05) is 17.9 Å². The van der Waals surface area contributed by atoms with Gasteiger partial charge in [-0.3, -0.25) is 0 Å². The first-order valence-corrected chi connectivity index (χ1v) is 7.54. The van der Waals surface area contributed by atoms with Gasteiger partial charge < -0.3 is 10.1 Å². The largest absolute Gasteiger partial charge is 0.449 e. The fourth-order valence-electron chi connectivity index (χ4n) is 4.28. The second-order valence-corrected chi connectivity index (χ2v) is 6.40. The molecule has 1 spiro atoms. The molecule has 18 heavy (non-hydrogen) atoms. The van der Waals surface area contributed by atoms with Gasteiger partial charge in [-0.25, -0.2) is 0 Å². The van der Waals surface area contributed by atoms with E-state index in [1.54, 1.807) is 0 Å². The molecule has 3 fully saturated rings. The van der Waals surface area contributed by atoms with Crippen molar-refractivity contribution in [1.29, 1.82) is 5.26 Å². The van der Waals surface area contributed by atoms with Crippen molar-refractivity contribution in [3.8, 4) is 6.07 Å². The zero-order chi connectivity index (χ0) is 12.6. The second-order valence-electron chi connectivity index (χ2n) is 6.03. The lowest BCUT2D eigenvalue weighted by Gasteiger charge is -2.55. The van der Waals surface area contributed by atoms with E-state index in [4.69, 9.17) is 17.0 Å². The summed E-state index contributed by atoms with van der Waals surface area (Å²) in [5.41, 5.74) is -0.596. The van der Waals surface area contributed by atoms with Gasteiger partial charge in [-0.05, 0) is 37.9 Å². The van der Waals surface area contributed by atoms with Gasteiger partial charge >= 0.3 is 0 Å². The highest BCUT2D eigenvalue weighted by atomic mass is 32.1. The Bertz CT molecular complexity index is 397. The summed E-state index contributed by atoms with van der Waals surface area (Å²) >= 11 is 5.28. The quantitative estimate of drug-likeness (QED) is 0.683. The van der Waals surface area contributed by atoms with Crippen LogP contribution in [0.2, 0.25) is 0 Å². The Morgan fingerprint density at radius 1 is 1.17 bits per heavy atom. The summed E-state index contributed by atoms with van der Waals surface area (Å²) in [4.78, 5) is 0. The number of rotatable bonds is 0. The molecule has 2 saturated carbocycles. The van der Waals surface area contributed by atoms with Crippen molar-refractivity contribution >= 4 is 17.4 Å². The second kappa shape index (κ2) is 4.38. The molecule has 0 radical (unpaired) electrons. The van der Waals surface area contributed by atoms with Crippen LogP contribution in [0.4, 0.5) is 0 Å². The predicted molar refractivity (Wildman–Crippen MR) is 72.9 cm³/mol. The van der Waals surface area contributed by atoms with Gasteiger partial charge in [-0.1, -0.05) is 25.7 Å². The Kier molecular flexibility index (Phi) is 2.97. The van der Waals surface area contributed by atoms with Crippen LogP contribution in [-0.4, -0.2) is 16.3 Å². The highest BCUT2D eigenvalue weighted by molar-refractivity contribution is 7.80. The van der Waals surface area contributed by atoms with E-state index in [2.05, 4.69) is 11.4 Å². The molecular formula is C14H20N2OS. The number of nitrogens with zero attached hydrogens (tertiary/aromatic N) is 1. The predicted octanol–water partition coefficient (Wildman–Crippen LogP) is 3.05. The molecule has 1 aliphatic heterocycles. The molecule has 3 nitrogen and oxygen atoms in total. The molecule has 4 heteroatoms. The molecule has 1 N–H and O–H groups in total. The first kappa shape index (κ1) is 12.2. The molecule has 3 rings (SSSR count). The maximum Gasteiger partial charge on any atom is 0.258 e. The molecule has 0 amide bonds. The molecule has 0 bridgehead atoms. The van der Waals surface area contributed by atoms with Crippen LogP contribution in [0.15, 0.2) is 0 Å². The summed E-state index contributed by atoms with van der Waals surface area (Å²) in [6.07, 6.45) is 10.3. The Balaban J connectivity index is 1.98. The summed E-state index contributed by atoms with van der Waals surface area (Å²) in [6.45, 7) is 0. The van der Waals surface area contributed by atoms with Gasteiger partial charge in [0.15, 0.2) is 0 Å². The summed E-state index contributed by atoms with van der Waals surface area (Å²) in [6, 6.07) is 2.47. The van der Waals surface area contributed by atoms with Crippen LogP contribution in [0.3, 0.4) is 0 Å². The van der Waals surface area contributed by atoms with Crippen LogP contribution < -0.4 is 5.32 Å². The van der Waals surface area contributed by atoms with Gasteiger partial charge in [-0.2, -0.15) is 5.26 Å². The maximum atomic E-state index is 9.65. The van der Waals surface area contributed by atoms with Crippen molar-refractivity contribution < 1.29 is 4.74 Å². The number of nitrogens with one attached hydrogen (secondary N) is 1. The van der Waals surface area contributed by atoms with Crippen molar-refractivity contribution in [2.45, 2.75) is 68.9 Å². The van der Waals surface area contributed by atoms with Crippen LogP contribution in [0.25, 0.3) is 0 Å². The average molecular weight is 264 g/mol.